The van der Waals surface area contributed by atoms with Gasteiger partial charge in [-0.25, -0.2) is 13.2 Å². The van der Waals surface area contributed by atoms with Crippen molar-refractivity contribution in [3.63, 3.8) is 0 Å². The number of carboxylic acid groups (broad SMARTS) is 1. The van der Waals surface area contributed by atoms with E-state index in [1.807, 2.05) is 4.83 Å². The van der Waals surface area contributed by atoms with Crippen molar-refractivity contribution in [3.8, 4) is 11.5 Å². The minimum atomic E-state index is -4.30. The highest BCUT2D eigenvalue weighted by molar-refractivity contribution is 9.10. The number of methoxy groups -OCH3 is 2. The summed E-state index contributed by atoms with van der Waals surface area (Å²) in [5.74, 6) is -1.93. The Morgan fingerprint density at radius 2 is 1.90 bits per heavy atom. The number of hydrogen-bond acceptors (Lipinski definition) is 6. The molecule has 12 heteroatoms. The number of carbonyl (C=O) groups is 2. The SMILES string of the molecule is COc1cc(/C=C/C(=O)O)cc(S(=O)(=O)NNC(=O)c2cc(Br)cn2C)c1OC. The number of aliphatic carboxylic acids is 1. The number of aryl methyl sites for hydroxylation is 1. The Morgan fingerprint density at radius 1 is 1.21 bits per heavy atom. The zero-order valence-corrected chi connectivity index (χ0v) is 18.0. The average Bonchev–Trinajstić information content (AvgIpc) is 3.01. The predicted molar refractivity (Wildman–Crippen MR) is 107 cm³/mol. The van der Waals surface area contributed by atoms with Crippen LogP contribution in [0.3, 0.4) is 0 Å². The summed E-state index contributed by atoms with van der Waals surface area (Å²) < 4.78 is 38.0. The smallest absolute Gasteiger partial charge is 0.328 e. The molecule has 0 saturated heterocycles. The van der Waals surface area contributed by atoms with E-state index in [1.54, 1.807) is 13.2 Å². The summed E-state index contributed by atoms with van der Waals surface area (Å²) in [6.07, 6.45) is 3.68. The van der Waals surface area contributed by atoms with Crippen molar-refractivity contribution >= 4 is 43.9 Å². The van der Waals surface area contributed by atoms with Gasteiger partial charge in [-0.05, 0) is 45.8 Å². The second-order valence-electron chi connectivity index (χ2n) is 5.64. The summed E-state index contributed by atoms with van der Waals surface area (Å²) in [5.41, 5.74) is 2.57. The summed E-state index contributed by atoms with van der Waals surface area (Å²) in [4.78, 5) is 24.7. The number of amides is 1. The van der Waals surface area contributed by atoms with E-state index < -0.39 is 21.9 Å². The highest BCUT2D eigenvalue weighted by Gasteiger charge is 2.25. The van der Waals surface area contributed by atoms with Gasteiger partial charge in [0.05, 0.1) is 14.2 Å². The molecule has 0 aliphatic heterocycles. The molecular weight excluding hydrogens is 470 g/mol. The van der Waals surface area contributed by atoms with Crippen molar-refractivity contribution < 1.29 is 32.6 Å². The zero-order chi connectivity index (χ0) is 21.8. The van der Waals surface area contributed by atoms with Crippen LogP contribution in [-0.4, -0.2) is 44.2 Å². The normalized spacial score (nSPS) is 11.4. The van der Waals surface area contributed by atoms with Gasteiger partial charge in [0, 0.05) is 23.8 Å². The Kier molecular flexibility index (Phi) is 7.06. The molecule has 0 aliphatic rings. The van der Waals surface area contributed by atoms with Crippen LogP contribution < -0.4 is 19.7 Å². The van der Waals surface area contributed by atoms with Gasteiger partial charge in [0.15, 0.2) is 11.5 Å². The van der Waals surface area contributed by atoms with Crippen LogP contribution in [0.15, 0.2) is 39.8 Å². The fourth-order valence-corrected chi connectivity index (χ4v) is 3.98. The largest absolute Gasteiger partial charge is 0.493 e. The van der Waals surface area contributed by atoms with Gasteiger partial charge in [0.2, 0.25) is 0 Å². The average molecular weight is 488 g/mol. The van der Waals surface area contributed by atoms with Gasteiger partial charge >= 0.3 is 5.97 Å². The van der Waals surface area contributed by atoms with E-state index in [0.29, 0.717) is 4.47 Å². The molecule has 0 aliphatic carbocycles. The molecule has 0 bridgehead atoms. The molecule has 0 atom stereocenters. The van der Waals surface area contributed by atoms with E-state index in [4.69, 9.17) is 14.6 Å². The monoisotopic (exact) mass is 487 g/mol. The number of ether oxygens (including phenoxy) is 2. The van der Waals surface area contributed by atoms with E-state index in [0.717, 1.165) is 6.08 Å². The van der Waals surface area contributed by atoms with Crippen LogP contribution in [0.4, 0.5) is 0 Å². The van der Waals surface area contributed by atoms with Gasteiger partial charge in [-0.1, -0.05) is 0 Å². The lowest BCUT2D eigenvalue weighted by Crippen LogP contribution is -2.42. The fourth-order valence-electron chi connectivity index (χ4n) is 2.40. The Bertz CT molecular complexity index is 1080. The first-order valence-electron chi connectivity index (χ1n) is 7.90. The first kappa shape index (κ1) is 22.5. The third kappa shape index (κ3) is 5.37. The third-order valence-electron chi connectivity index (χ3n) is 3.68. The second-order valence-corrected chi connectivity index (χ2v) is 8.21. The Morgan fingerprint density at radius 3 is 2.41 bits per heavy atom. The van der Waals surface area contributed by atoms with Crippen LogP contribution >= 0.6 is 15.9 Å². The Labute approximate surface area is 175 Å². The molecular formula is C17H18BrN3O7S. The molecule has 0 radical (unpaired) electrons. The van der Waals surface area contributed by atoms with Crippen LogP contribution in [0.2, 0.25) is 0 Å². The van der Waals surface area contributed by atoms with Gasteiger partial charge in [0.1, 0.15) is 10.6 Å². The number of halogens is 1. The summed E-state index contributed by atoms with van der Waals surface area (Å²) in [5, 5.41) is 8.78. The lowest BCUT2D eigenvalue weighted by molar-refractivity contribution is -0.131. The van der Waals surface area contributed by atoms with E-state index in [-0.39, 0.29) is 27.7 Å². The predicted octanol–water partition coefficient (Wildman–Crippen LogP) is 1.53. The van der Waals surface area contributed by atoms with E-state index in [1.165, 1.54) is 43.1 Å². The summed E-state index contributed by atoms with van der Waals surface area (Å²) >= 11 is 3.23. The minimum Gasteiger partial charge on any atom is -0.493 e. The van der Waals surface area contributed by atoms with Gasteiger partial charge in [-0.3, -0.25) is 10.2 Å². The van der Waals surface area contributed by atoms with Gasteiger partial charge in [0.25, 0.3) is 15.9 Å². The summed E-state index contributed by atoms with van der Waals surface area (Å²) in [6.45, 7) is 0. The number of benzene rings is 1. The molecule has 156 valence electrons. The molecule has 1 heterocycles. The topological polar surface area (TPSA) is 136 Å². The van der Waals surface area contributed by atoms with Crippen LogP contribution in [0, 0.1) is 0 Å². The highest BCUT2D eigenvalue weighted by atomic mass is 79.9. The number of nitrogens with zero attached hydrogens (tertiary/aromatic N) is 1. The molecule has 0 unspecified atom stereocenters. The molecule has 29 heavy (non-hydrogen) atoms. The lowest BCUT2D eigenvalue weighted by Gasteiger charge is -2.15. The number of hydrogen-bond donors (Lipinski definition) is 3. The zero-order valence-electron chi connectivity index (χ0n) is 15.6. The molecule has 1 amide bonds. The first-order valence-corrected chi connectivity index (χ1v) is 10.2. The minimum absolute atomic E-state index is 0.0677. The van der Waals surface area contributed by atoms with Crippen molar-refractivity contribution in [2.45, 2.75) is 4.90 Å². The maximum absolute atomic E-state index is 12.8. The molecule has 2 aromatic rings. The standard InChI is InChI=1S/C17H18BrN3O7S/c1-21-9-11(18)8-12(21)17(24)19-20-29(25,26)14-7-10(4-5-15(22)23)6-13(27-2)16(14)28-3/h4-9,20H,1-3H3,(H,19,24)(H,22,23)/b5-4+. The number of nitrogens with one attached hydrogen (secondary N) is 2. The van der Waals surface area contributed by atoms with Gasteiger partial charge in [-0.2, -0.15) is 0 Å². The van der Waals surface area contributed by atoms with E-state index in [2.05, 4.69) is 21.4 Å². The molecule has 0 saturated carbocycles. The van der Waals surface area contributed by atoms with Crippen LogP contribution in [0.25, 0.3) is 6.08 Å². The summed E-state index contributed by atoms with van der Waals surface area (Å²) in [6, 6.07) is 4.12. The summed E-state index contributed by atoms with van der Waals surface area (Å²) in [7, 11) is -0.109. The number of sulfonamides is 1. The molecule has 2 rings (SSSR count). The third-order valence-corrected chi connectivity index (χ3v) is 5.36. The van der Waals surface area contributed by atoms with Gasteiger partial charge in [-0.15, -0.1) is 4.83 Å². The molecule has 0 fully saturated rings. The lowest BCUT2D eigenvalue weighted by atomic mass is 10.2. The molecule has 1 aromatic carbocycles. The maximum atomic E-state index is 12.8. The van der Waals surface area contributed by atoms with Crippen molar-refractivity contribution in [1.29, 1.82) is 0 Å². The number of carbonyl (C=O) groups excluding carboxylic acids is 1. The molecule has 0 spiro atoms. The molecule has 10 nitrogen and oxygen atoms in total. The molecule has 3 N–H and O–H groups in total. The Hall–Kier alpha value is -2.83. The van der Waals surface area contributed by atoms with Crippen molar-refractivity contribution in [2.24, 2.45) is 7.05 Å². The fraction of sp³-hybridized carbons (Fsp3) is 0.176. The second kappa shape index (κ2) is 9.11. The van der Waals surface area contributed by atoms with Crippen LogP contribution in [0.5, 0.6) is 11.5 Å². The number of hydrazine groups is 1. The molecule has 1 aromatic heterocycles. The highest BCUT2D eigenvalue weighted by Crippen LogP contribution is 2.35. The quantitative estimate of drug-likeness (QED) is 0.379. The van der Waals surface area contributed by atoms with E-state index in [9.17, 15) is 18.0 Å². The number of rotatable bonds is 8. The number of carboxylic acids is 1. The van der Waals surface area contributed by atoms with Gasteiger partial charge < -0.3 is 19.1 Å². The number of aromatic nitrogens is 1. The van der Waals surface area contributed by atoms with Crippen molar-refractivity contribution in [2.75, 3.05) is 14.2 Å². The van der Waals surface area contributed by atoms with Crippen molar-refractivity contribution in [1.82, 2.24) is 14.8 Å². The van der Waals surface area contributed by atoms with Crippen molar-refractivity contribution in [3.05, 3.63) is 46.2 Å². The first-order chi connectivity index (χ1) is 13.6. The van der Waals surface area contributed by atoms with Crippen LogP contribution in [0.1, 0.15) is 16.1 Å². The van der Waals surface area contributed by atoms with E-state index >= 15 is 0 Å². The van der Waals surface area contributed by atoms with Crippen LogP contribution in [-0.2, 0) is 21.9 Å². The maximum Gasteiger partial charge on any atom is 0.328 e. The Balaban J connectivity index is 2.39.